The summed E-state index contributed by atoms with van der Waals surface area (Å²) in [5.41, 5.74) is -3.56. The van der Waals surface area contributed by atoms with Gasteiger partial charge < -0.3 is 68.7 Å². The number of carbonyl (C=O) groups is 3. The first-order valence-corrected chi connectivity index (χ1v) is 20.2. The highest BCUT2D eigenvalue weighted by atomic mass is 16.7. The Morgan fingerprint density at radius 1 is 0.814 bits per heavy atom. The second-order valence-electron chi connectivity index (χ2n) is 16.6. The Labute approximate surface area is 341 Å². The minimum absolute atomic E-state index is 0.00117. The summed E-state index contributed by atoms with van der Waals surface area (Å²) in [6.45, 7) is 7.01. The van der Waals surface area contributed by atoms with Crippen LogP contribution in [0.1, 0.15) is 121 Å². The molecule has 0 saturated carbocycles. The standard InChI is InChI=1S/C42H55NO16/c1-8-42(52)16-27(31-20(35(42)41(51)53-7)13-21-32(37(31)49)38(50)34-25(46)10-9-24(45)33(34)36(21)48)57-29-14-22(43(5)6)39(18(3)55-29)59-30-15-26(47)40(19(4)56-30)58-28-12-11-23(44)17(2)54-28/h9-10,13,17-19,22-23,26-30,35,39-40,44-47,49,52H,8,11-12,14-16H2,1-7H3. The molecule has 3 heterocycles. The van der Waals surface area contributed by atoms with Gasteiger partial charge in [-0.05, 0) is 71.5 Å². The fourth-order valence-corrected chi connectivity index (χ4v) is 9.44. The average Bonchev–Trinajstić information content (AvgIpc) is 3.17. The van der Waals surface area contributed by atoms with Crippen molar-refractivity contribution in [2.75, 3.05) is 21.2 Å². The molecule has 0 aromatic heterocycles. The zero-order chi connectivity index (χ0) is 42.8. The number of hydrogen-bond donors (Lipinski definition) is 6. The SMILES string of the molecule is CCC1(O)CC(OC2CC(N(C)C)C(OC3CC(O)C(OC4CCC(O)C(C)O4)C(C)O3)C(C)O2)c2c(cc3c(c2O)C(=O)c2c(O)ccc(O)c2C3=O)C1C(=O)OC. The first kappa shape index (κ1) is 43.3. The molecule has 5 aliphatic rings. The molecule has 3 saturated heterocycles. The highest BCUT2D eigenvalue weighted by molar-refractivity contribution is 6.31. The van der Waals surface area contributed by atoms with Crippen molar-refractivity contribution in [1.82, 2.24) is 4.90 Å². The van der Waals surface area contributed by atoms with Crippen molar-refractivity contribution in [3.8, 4) is 17.2 Å². The summed E-state index contributed by atoms with van der Waals surface area (Å²) in [5.74, 6) is -5.87. The van der Waals surface area contributed by atoms with Crippen molar-refractivity contribution >= 4 is 17.5 Å². The van der Waals surface area contributed by atoms with E-state index in [0.29, 0.717) is 12.8 Å². The third-order valence-corrected chi connectivity index (χ3v) is 12.7. The van der Waals surface area contributed by atoms with Gasteiger partial charge in [-0.1, -0.05) is 6.92 Å². The number of fused-ring (bicyclic) bond motifs is 3. The van der Waals surface area contributed by atoms with Crippen LogP contribution in [-0.4, -0.2) is 148 Å². The van der Waals surface area contributed by atoms with Crippen LogP contribution in [0.3, 0.4) is 0 Å². The maximum Gasteiger partial charge on any atom is 0.316 e. The number of methoxy groups -OCH3 is 1. The molecule has 14 unspecified atom stereocenters. The average molecular weight is 830 g/mol. The number of esters is 1. The molecule has 0 radical (unpaired) electrons. The smallest absolute Gasteiger partial charge is 0.316 e. The first-order valence-electron chi connectivity index (χ1n) is 20.2. The summed E-state index contributed by atoms with van der Waals surface area (Å²) in [4.78, 5) is 43.2. The van der Waals surface area contributed by atoms with E-state index in [1.807, 2.05) is 19.0 Å². The van der Waals surface area contributed by atoms with Crippen LogP contribution in [0.15, 0.2) is 18.2 Å². The molecule has 0 spiro atoms. The lowest BCUT2D eigenvalue weighted by atomic mass is 9.67. The molecule has 17 nitrogen and oxygen atoms in total. The predicted octanol–water partition coefficient (Wildman–Crippen LogP) is 2.66. The zero-order valence-electron chi connectivity index (χ0n) is 34.2. The minimum Gasteiger partial charge on any atom is -0.507 e. The Balaban J connectivity index is 1.14. The fourth-order valence-electron chi connectivity index (χ4n) is 9.44. The Bertz CT molecular complexity index is 1940. The molecule has 7 rings (SSSR count). The van der Waals surface area contributed by atoms with Crippen LogP contribution in [-0.2, 0) is 38.0 Å². The van der Waals surface area contributed by atoms with Gasteiger partial charge in [0.2, 0.25) is 5.78 Å². The second kappa shape index (κ2) is 16.6. The zero-order valence-corrected chi connectivity index (χ0v) is 34.2. The molecule has 17 heteroatoms. The van der Waals surface area contributed by atoms with Crippen LogP contribution in [0.5, 0.6) is 17.2 Å². The van der Waals surface area contributed by atoms with E-state index in [9.17, 15) is 45.0 Å². The molecule has 3 fully saturated rings. The summed E-state index contributed by atoms with van der Waals surface area (Å²) < 4.78 is 42.7. The number of rotatable bonds is 9. The molecule has 0 amide bonds. The number of aliphatic hydroxyl groups is 3. The van der Waals surface area contributed by atoms with Crippen LogP contribution in [0.25, 0.3) is 0 Å². The van der Waals surface area contributed by atoms with Gasteiger partial charge in [-0.3, -0.25) is 14.4 Å². The summed E-state index contributed by atoms with van der Waals surface area (Å²) in [5, 5.41) is 66.5. The molecule has 14 atom stereocenters. The second-order valence-corrected chi connectivity index (χ2v) is 16.6. The van der Waals surface area contributed by atoms with E-state index in [-0.39, 0.29) is 48.4 Å². The molecule has 2 aromatic carbocycles. The van der Waals surface area contributed by atoms with Crippen molar-refractivity contribution in [3.05, 3.63) is 51.6 Å². The Morgan fingerprint density at radius 2 is 1.41 bits per heavy atom. The van der Waals surface area contributed by atoms with Crippen molar-refractivity contribution < 1.29 is 78.2 Å². The fraction of sp³-hybridized carbons (Fsp3) is 0.643. The van der Waals surface area contributed by atoms with Crippen LogP contribution < -0.4 is 0 Å². The number of carbonyl (C=O) groups excluding carboxylic acids is 3. The number of aliphatic hydroxyl groups excluding tert-OH is 2. The maximum absolute atomic E-state index is 14.0. The summed E-state index contributed by atoms with van der Waals surface area (Å²) >= 11 is 0. The lowest BCUT2D eigenvalue weighted by molar-refractivity contribution is -0.328. The number of nitrogens with zero attached hydrogens (tertiary/aromatic N) is 1. The third kappa shape index (κ3) is 7.75. The quantitative estimate of drug-likeness (QED) is 0.134. The van der Waals surface area contributed by atoms with Crippen molar-refractivity contribution in [3.63, 3.8) is 0 Å². The summed E-state index contributed by atoms with van der Waals surface area (Å²) in [7, 11) is 4.87. The number of hydrogen-bond acceptors (Lipinski definition) is 17. The van der Waals surface area contributed by atoms with Gasteiger partial charge in [0.25, 0.3) is 0 Å². The predicted molar refractivity (Wildman–Crippen MR) is 204 cm³/mol. The molecular formula is C42H55NO16. The van der Waals surface area contributed by atoms with Crippen molar-refractivity contribution in [1.29, 1.82) is 0 Å². The van der Waals surface area contributed by atoms with E-state index in [2.05, 4.69) is 0 Å². The topological polar surface area (TPSA) is 240 Å². The highest BCUT2D eigenvalue weighted by Gasteiger charge is 2.54. The van der Waals surface area contributed by atoms with Gasteiger partial charge in [0.15, 0.2) is 24.7 Å². The van der Waals surface area contributed by atoms with E-state index in [1.165, 1.54) is 6.07 Å². The molecular weight excluding hydrogens is 774 g/mol. The van der Waals surface area contributed by atoms with Gasteiger partial charge in [0.1, 0.15) is 35.4 Å². The molecule has 59 heavy (non-hydrogen) atoms. The molecule has 6 N–H and O–H groups in total. The number of phenols is 3. The number of phenolic OH excluding ortho intramolecular Hbond substituents is 3. The van der Waals surface area contributed by atoms with Crippen LogP contribution in [0, 0.1) is 0 Å². The Kier molecular flexibility index (Phi) is 12.2. The van der Waals surface area contributed by atoms with Gasteiger partial charge in [-0.15, -0.1) is 0 Å². The van der Waals surface area contributed by atoms with E-state index < -0.39 is 131 Å². The van der Waals surface area contributed by atoms with Gasteiger partial charge in [0.05, 0.1) is 66.0 Å². The van der Waals surface area contributed by atoms with Crippen LogP contribution in [0.4, 0.5) is 0 Å². The van der Waals surface area contributed by atoms with Gasteiger partial charge in [-0.2, -0.15) is 0 Å². The van der Waals surface area contributed by atoms with Gasteiger partial charge >= 0.3 is 5.97 Å². The van der Waals surface area contributed by atoms with E-state index in [0.717, 1.165) is 19.2 Å². The first-order chi connectivity index (χ1) is 27.9. The number of likely N-dealkylation sites (N-methyl/N-ethyl adjacent to an activating group) is 1. The molecule has 324 valence electrons. The number of aromatic hydroxyl groups is 3. The van der Waals surface area contributed by atoms with E-state index in [4.69, 9.17) is 33.2 Å². The Morgan fingerprint density at radius 3 is 2.00 bits per heavy atom. The van der Waals surface area contributed by atoms with Crippen LogP contribution in [0.2, 0.25) is 0 Å². The minimum atomic E-state index is -1.81. The van der Waals surface area contributed by atoms with Crippen molar-refractivity contribution in [2.24, 2.45) is 0 Å². The number of ketones is 2. The van der Waals surface area contributed by atoms with Crippen LogP contribution >= 0.6 is 0 Å². The number of benzene rings is 2. The lowest BCUT2D eigenvalue weighted by Gasteiger charge is -2.48. The lowest BCUT2D eigenvalue weighted by Crippen LogP contribution is -2.58. The molecule has 2 aromatic rings. The monoisotopic (exact) mass is 829 g/mol. The van der Waals surface area contributed by atoms with E-state index in [1.54, 1.807) is 27.7 Å². The van der Waals surface area contributed by atoms with Crippen molar-refractivity contribution in [2.45, 2.75) is 151 Å². The molecule has 2 aliphatic carbocycles. The number of ether oxygens (including phenoxy) is 7. The molecule has 0 bridgehead atoms. The largest absolute Gasteiger partial charge is 0.507 e. The maximum atomic E-state index is 14.0. The Hall–Kier alpha value is -3.75. The molecule has 3 aliphatic heterocycles. The normalized spacial score (nSPS) is 37.1. The van der Waals surface area contributed by atoms with Gasteiger partial charge in [0, 0.05) is 42.9 Å². The summed E-state index contributed by atoms with van der Waals surface area (Å²) in [6.07, 6.45) is -6.87. The summed E-state index contributed by atoms with van der Waals surface area (Å²) in [6, 6.07) is 3.03. The van der Waals surface area contributed by atoms with E-state index >= 15 is 0 Å². The highest BCUT2D eigenvalue weighted by Crippen LogP contribution is 2.54. The van der Waals surface area contributed by atoms with Gasteiger partial charge in [-0.25, -0.2) is 0 Å². The third-order valence-electron chi connectivity index (χ3n) is 12.7.